The summed E-state index contributed by atoms with van der Waals surface area (Å²) < 4.78 is 10.7. The van der Waals surface area contributed by atoms with Gasteiger partial charge in [0.1, 0.15) is 11.3 Å². The van der Waals surface area contributed by atoms with Gasteiger partial charge in [0.15, 0.2) is 0 Å². The van der Waals surface area contributed by atoms with Crippen LogP contribution in [0.4, 0.5) is 0 Å². The lowest BCUT2D eigenvalue weighted by atomic mass is 10.1. The number of ether oxygens (including phenoxy) is 1. The minimum atomic E-state index is -0.332. The number of pyridine rings is 1. The van der Waals surface area contributed by atoms with Gasteiger partial charge in [0.25, 0.3) is 0 Å². The molecule has 0 amide bonds. The molecular weight excluding hydrogens is 254 g/mol. The third-order valence-corrected chi connectivity index (χ3v) is 3.01. The van der Waals surface area contributed by atoms with Crippen molar-refractivity contribution in [3.63, 3.8) is 0 Å². The highest BCUT2D eigenvalue weighted by atomic mass is 16.5. The van der Waals surface area contributed by atoms with Gasteiger partial charge >= 0.3 is 5.97 Å². The van der Waals surface area contributed by atoms with Crippen LogP contribution in [0.2, 0.25) is 0 Å². The summed E-state index contributed by atoms with van der Waals surface area (Å²) in [6.07, 6.45) is 4.91. The Bertz CT molecular complexity index is 747. The van der Waals surface area contributed by atoms with E-state index in [1.807, 2.05) is 25.1 Å². The van der Waals surface area contributed by atoms with Gasteiger partial charge in [-0.05, 0) is 30.7 Å². The molecule has 1 aromatic carbocycles. The smallest absolute Gasteiger partial charge is 0.315 e. The number of carbonyl (C=O) groups excluding carboxylic acids is 1. The molecule has 0 saturated carbocycles. The van der Waals surface area contributed by atoms with Crippen molar-refractivity contribution in [1.82, 2.24) is 4.98 Å². The fraction of sp³-hybridized carbons (Fsp3) is 0.125. The molecule has 0 aliphatic carbocycles. The molecule has 2 aromatic heterocycles. The van der Waals surface area contributed by atoms with Crippen LogP contribution in [0.1, 0.15) is 11.1 Å². The van der Waals surface area contributed by atoms with Crippen LogP contribution in [-0.4, -0.2) is 11.0 Å². The van der Waals surface area contributed by atoms with Crippen molar-refractivity contribution in [1.29, 1.82) is 0 Å². The maximum atomic E-state index is 11.9. The van der Waals surface area contributed by atoms with E-state index in [4.69, 9.17) is 9.15 Å². The highest BCUT2D eigenvalue weighted by molar-refractivity contribution is 5.86. The molecule has 0 bridgehead atoms. The second-order valence-electron chi connectivity index (χ2n) is 4.60. The summed E-state index contributed by atoms with van der Waals surface area (Å²) in [6, 6.07) is 9.32. The second-order valence-corrected chi connectivity index (χ2v) is 4.60. The number of carbonyl (C=O) groups is 1. The highest BCUT2D eigenvalue weighted by Gasteiger charge is 2.12. The van der Waals surface area contributed by atoms with Crippen molar-refractivity contribution in [2.75, 3.05) is 0 Å². The molecule has 0 atom stereocenters. The number of furan rings is 1. The number of esters is 1. The predicted octanol–water partition coefficient (Wildman–Crippen LogP) is 3.28. The Morgan fingerprint density at radius 1 is 1.35 bits per heavy atom. The maximum Gasteiger partial charge on any atom is 0.315 e. The van der Waals surface area contributed by atoms with Crippen molar-refractivity contribution in [3.8, 4) is 5.75 Å². The van der Waals surface area contributed by atoms with Gasteiger partial charge < -0.3 is 9.15 Å². The van der Waals surface area contributed by atoms with Crippen LogP contribution in [0.25, 0.3) is 11.0 Å². The van der Waals surface area contributed by atoms with Crippen LogP contribution in [-0.2, 0) is 11.2 Å². The number of aryl methyl sites for hydroxylation is 1. The van der Waals surface area contributed by atoms with Crippen LogP contribution < -0.4 is 4.74 Å². The van der Waals surface area contributed by atoms with E-state index in [1.54, 1.807) is 24.6 Å². The first-order valence-corrected chi connectivity index (χ1v) is 6.30. The summed E-state index contributed by atoms with van der Waals surface area (Å²) >= 11 is 0. The molecule has 0 N–H and O–H groups in total. The second kappa shape index (κ2) is 5.17. The zero-order chi connectivity index (χ0) is 13.9. The Labute approximate surface area is 116 Å². The third-order valence-electron chi connectivity index (χ3n) is 3.01. The van der Waals surface area contributed by atoms with Gasteiger partial charge in [-0.2, -0.15) is 0 Å². The number of aromatic nitrogens is 1. The van der Waals surface area contributed by atoms with E-state index in [9.17, 15) is 4.79 Å². The average Bonchev–Trinajstić information content (AvgIpc) is 2.82. The van der Waals surface area contributed by atoms with E-state index >= 15 is 0 Å². The van der Waals surface area contributed by atoms with Crippen LogP contribution in [0, 0.1) is 6.92 Å². The minimum absolute atomic E-state index is 0.172. The summed E-state index contributed by atoms with van der Waals surface area (Å²) in [4.78, 5) is 15.8. The third kappa shape index (κ3) is 2.54. The molecule has 0 spiro atoms. The molecule has 0 aliphatic heterocycles. The van der Waals surface area contributed by atoms with E-state index in [0.717, 1.165) is 22.1 Å². The molecule has 0 radical (unpaired) electrons. The van der Waals surface area contributed by atoms with Gasteiger partial charge in [0, 0.05) is 17.1 Å². The number of rotatable bonds is 3. The lowest BCUT2D eigenvalue weighted by Crippen LogP contribution is -2.10. The molecule has 0 fully saturated rings. The minimum Gasteiger partial charge on any atom is -0.464 e. The molecule has 3 rings (SSSR count). The first-order valence-electron chi connectivity index (χ1n) is 6.30. The molecule has 2 heterocycles. The first-order chi connectivity index (χ1) is 9.72. The Kier molecular flexibility index (Phi) is 3.21. The van der Waals surface area contributed by atoms with Crippen molar-refractivity contribution >= 4 is 16.9 Å². The molecule has 20 heavy (non-hydrogen) atoms. The van der Waals surface area contributed by atoms with Crippen molar-refractivity contribution in [3.05, 3.63) is 60.1 Å². The van der Waals surface area contributed by atoms with Gasteiger partial charge in [0.05, 0.1) is 18.9 Å². The summed E-state index contributed by atoms with van der Waals surface area (Å²) in [6.45, 7) is 2.00. The van der Waals surface area contributed by atoms with Crippen molar-refractivity contribution < 1.29 is 13.9 Å². The zero-order valence-electron chi connectivity index (χ0n) is 11.0. The summed E-state index contributed by atoms with van der Waals surface area (Å²) in [7, 11) is 0. The Morgan fingerprint density at radius 3 is 3.05 bits per heavy atom. The molecule has 0 aliphatic rings. The normalized spacial score (nSPS) is 10.7. The van der Waals surface area contributed by atoms with E-state index in [0.29, 0.717) is 5.75 Å². The molecule has 4 heteroatoms. The molecule has 0 unspecified atom stereocenters. The van der Waals surface area contributed by atoms with Crippen LogP contribution in [0.3, 0.4) is 0 Å². The lowest BCUT2D eigenvalue weighted by molar-refractivity contribution is -0.133. The molecule has 0 saturated heterocycles. The largest absolute Gasteiger partial charge is 0.464 e. The van der Waals surface area contributed by atoms with Gasteiger partial charge in [-0.15, -0.1) is 0 Å². The first kappa shape index (κ1) is 12.4. The zero-order valence-corrected chi connectivity index (χ0v) is 11.0. The topological polar surface area (TPSA) is 52.3 Å². The van der Waals surface area contributed by atoms with Crippen LogP contribution in [0.5, 0.6) is 5.75 Å². The number of nitrogens with zero attached hydrogens (tertiary/aromatic N) is 1. The Morgan fingerprint density at radius 2 is 2.25 bits per heavy atom. The van der Waals surface area contributed by atoms with Crippen LogP contribution >= 0.6 is 0 Å². The van der Waals surface area contributed by atoms with E-state index in [2.05, 4.69) is 4.98 Å². The summed E-state index contributed by atoms with van der Waals surface area (Å²) in [5, 5.41) is 0.943. The van der Waals surface area contributed by atoms with E-state index in [-0.39, 0.29) is 12.4 Å². The molecular formula is C16H13NO3. The maximum absolute atomic E-state index is 11.9. The number of benzene rings is 1. The van der Waals surface area contributed by atoms with Gasteiger partial charge in [0.2, 0.25) is 0 Å². The number of hydrogen-bond donors (Lipinski definition) is 0. The predicted molar refractivity (Wildman–Crippen MR) is 74.5 cm³/mol. The average molecular weight is 267 g/mol. The van der Waals surface area contributed by atoms with E-state index in [1.165, 1.54) is 6.20 Å². The van der Waals surface area contributed by atoms with Crippen LogP contribution in [0.15, 0.2) is 53.4 Å². The Hall–Kier alpha value is -2.62. The van der Waals surface area contributed by atoms with Gasteiger partial charge in [-0.25, -0.2) is 0 Å². The SMILES string of the molecule is Cc1ccc2c(CC(=O)Oc3cccnc3)coc2c1. The summed E-state index contributed by atoms with van der Waals surface area (Å²) in [5.74, 6) is 0.113. The van der Waals surface area contributed by atoms with Crippen molar-refractivity contribution in [2.45, 2.75) is 13.3 Å². The standard InChI is InChI=1S/C16H13NO3/c1-11-4-5-14-12(10-19-15(14)7-11)8-16(18)20-13-3-2-6-17-9-13/h2-7,9-10H,8H2,1H3. The number of fused-ring (bicyclic) bond motifs is 1. The van der Waals surface area contributed by atoms with Crippen molar-refractivity contribution in [2.24, 2.45) is 0 Å². The van der Waals surface area contributed by atoms with Gasteiger partial charge in [-0.1, -0.05) is 12.1 Å². The quantitative estimate of drug-likeness (QED) is 0.683. The van der Waals surface area contributed by atoms with E-state index < -0.39 is 0 Å². The molecule has 4 nitrogen and oxygen atoms in total. The lowest BCUT2D eigenvalue weighted by Gasteiger charge is -2.02. The number of hydrogen-bond acceptors (Lipinski definition) is 4. The Balaban J connectivity index is 1.78. The fourth-order valence-corrected chi connectivity index (χ4v) is 2.06. The molecule has 100 valence electrons. The fourth-order valence-electron chi connectivity index (χ4n) is 2.06. The highest BCUT2D eigenvalue weighted by Crippen LogP contribution is 2.23. The van der Waals surface area contributed by atoms with Gasteiger partial charge in [-0.3, -0.25) is 9.78 Å². The molecule has 3 aromatic rings. The summed E-state index contributed by atoms with van der Waals surface area (Å²) in [5.41, 5.74) is 2.74. The monoisotopic (exact) mass is 267 g/mol.